The summed E-state index contributed by atoms with van der Waals surface area (Å²) < 4.78 is 2.46. The Morgan fingerprint density at radius 1 is 1.10 bits per heavy atom. The predicted octanol–water partition coefficient (Wildman–Crippen LogP) is 4.30. The van der Waals surface area contributed by atoms with Crippen molar-refractivity contribution in [1.82, 2.24) is 9.55 Å². The molecule has 3 aliphatic rings. The molecule has 3 fully saturated rings. The molecule has 2 bridgehead atoms. The molecule has 0 spiro atoms. The standard InChI is InChI=1S/C17H27N3/c1-12-11-20(15-5-3-2-4-6-15)17(18-12)19-16-10-13-7-8-14(16)9-13/h11,13-16H,2-10H2,1H3,(H,18,19). The van der Waals surface area contributed by atoms with Gasteiger partial charge in [0.25, 0.3) is 0 Å². The van der Waals surface area contributed by atoms with Crippen LogP contribution in [0, 0.1) is 18.8 Å². The van der Waals surface area contributed by atoms with Gasteiger partial charge in [0.2, 0.25) is 5.95 Å². The lowest BCUT2D eigenvalue weighted by Gasteiger charge is -2.28. The third-order valence-corrected chi connectivity index (χ3v) is 5.87. The molecule has 1 heterocycles. The smallest absolute Gasteiger partial charge is 0.203 e. The lowest BCUT2D eigenvalue weighted by molar-refractivity contribution is 0.353. The summed E-state index contributed by atoms with van der Waals surface area (Å²) in [5.41, 5.74) is 1.17. The second kappa shape index (κ2) is 5.09. The molecule has 1 N–H and O–H groups in total. The Kier molecular flexibility index (Phi) is 3.24. The SMILES string of the molecule is Cc1cn(C2CCCCC2)c(NC2CC3CCC2C3)n1. The van der Waals surface area contributed by atoms with Crippen molar-refractivity contribution >= 4 is 5.95 Å². The largest absolute Gasteiger partial charge is 0.353 e. The van der Waals surface area contributed by atoms with Crippen LogP contribution >= 0.6 is 0 Å². The molecule has 3 atom stereocenters. The van der Waals surface area contributed by atoms with E-state index in [0.29, 0.717) is 12.1 Å². The van der Waals surface area contributed by atoms with Gasteiger partial charge in [0, 0.05) is 18.3 Å². The number of nitrogens with one attached hydrogen (secondary N) is 1. The zero-order valence-corrected chi connectivity index (χ0v) is 12.6. The molecule has 110 valence electrons. The van der Waals surface area contributed by atoms with E-state index in [4.69, 9.17) is 4.98 Å². The molecule has 20 heavy (non-hydrogen) atoms. The van der Waals surface area contributed by atoms with Crippen LogP contribution in [0.3, 0.4) is 0 Å². The Morgan fingerprint density at radius 2 is 1.95 bits per heavy atom. The lowest BCUT2D eigenvalue weighted by Crippen LogP contribution is -2.28. The van der Waals surface area contributed by atoms with Crippen LogP contribution in [0.2, 0.25) is 0 Å². The Balaban J connectivity index is 1.52. The third-order valence-electron chi connectivity index (χ3n) is 5.87. The molecular formula is C17H27N3. The van der Waals surface area contributed by atoms with Crippen LogP contribution in [0.4, 0.5) is 5.95 Å². The average molecular weight is 273 g/mol. The number of hydrogen-bond acceptors (Lipinski definition) is 2. The van der Waals surface area contributed by atoms with Crippen molar-refractivity contribution in [3.63, 3.8) is 0 Å². The molecule has 1 aromatic heterocycles. The van der Waals surface area contributed by atoms with Crippen molar-refractivity contribution in [3.05, 3.63) is 11.9 Å². The van der Waals surface area contributed by atoms with Crippen LogP contribution in [0.5, 0.6) is 0 Å². The van der Waals surface area contributed by atoms with Crippen molar-refractivity contribution in [2.24, 2.45) is 11.8 Å². The predicted molar refractivity (Wildman–Crippen MR) is 81.9 cm³/mol. The lowest BCUT2D eigenvalue weighted by atomic mass is 9.95. The molecule has 1 aromatic rings. The van der Waals surface area contributed by atoms with Crippen LogP contribution in [-0.2, 0) is 0 Å². The third kappa shape index (κ3) is 2.25. The molecule has 0 radical (unpaired) electrons. The summed E-state index contributed by atoms with van der Waals surface area (Å²) in [4.78, 5) is 4.78. The Bertz CT molecular complexity index is 473. The number of imidazole rings is 1. The highest BCUT2D eigenvalue weighted by Gasteiger charge is 2.40. The summed E-state index contributed by atoms with van der Waals surface area (Å²) in [6.07, 6.45) is 14.9. The first-order chi connectivity index (χ1) is 9.79. The van der Waals surface area contributed by atoms with Gasteiger partial charge in [-0.25, -0.2) is 4.98 Å². The van der Waals surface area contributed by atoms with E-state index in [1.807, 2.05) is 0 Å². The van der Waals surface area contributed by atoms with Crippen LogP contribution in [0.25, 0.3) is 0 Å². The minimum atomic E-state index is 0.686. The molecule has 3 nitrogen and oxygen atoms in total. The van der Waals surface area contributed by atoms with E-state index in [9.17, 15) is 0 Å². The number of fused-ring (bicyclic) bond motifs is 2. The molecule has 4 rings (SSSR count). The van der Waals surface area contributed by atoms with Crippen LogP contribution in [0.1, 0.15) is 69.5 Å². The zero-order chi connectivity index (χ0) is 13.5. The number of rotatable bonds is 3. The number of aromatic nitrogens is 2. The van der Waals surface area contributed by atoms with Crippen molar-refractivity contribution < 1.29 is 0 Å². The second-order valence-corrected chi connectivity index (χ2v) is 7.33. The maximum atomic E-state index is 4.78. The molecule has 0 aromatic carbocycles. The van der Waals surface area contributed by atoms with E-state index in [1.54, 1.807) is 0 Å². The van der Waals surface area contributed by atoms with Gasteiger partial charge in [0.05, 0.1) is 5.69 Å². The normalized spacial score (nSPS) is 33.8. The first-order valence-corrected chi connectivity index (χ1v) is 8.61. The fraction of sp³-hybridized carbons (Fsp3) is 0.824. The number of aryl methyl sites for hydroxylation is 1. The van der Waals surface area contributed by atoms with Gasteiger partial charge in [0.1, 0.15) is 0 Å². The Morgan fingerprint density at radius 3 is 2.65 bits per heavy atom. The minimum absolute atomic E-state index is 0.686. The minimum Gasteiger partial charge on any atom is -0.353 e. The van der Waals surface area contributed by atoms with E-state index in [-0.39, 0.29) is 0 Å². The van der Waals surface area contributed by atoms with E-state index in [1.165, 1.54) is 63.5 Å². The van der Waals surface area contributed by atoms with Crippen LogP contribution < -0.4 is 5.32 Å². The average Bonchev–Trinajstić information content (AvgIpc) is 3.15. The highest BCUT2D eigenvalue weighted by molar-refractivity contribution is 5.32. The van der Waals surface area contributed by atoms with E-state index in [0.717, 1.165) is 17.8 Å². The van der Waals surface area contributed by atoms with E-state index >= 15 is 0 Å². The molecule has 0 amide bonds. The van der Waals surface area contributed by atoms with Gasteiger partial charge >= 0.3 is 0 Å². The fourth-order valence-electron chi connectivity index (χ4n) is 4.85. The summed E-state index contributed by atoms with van der Waals surface area (Å²) in [5.74, 6) is 3.07. The quantitative estimate of drug-likeness (QED) is 0.890. The topological polar surface area (TPSA) is 29.9 Å². The molecule has 0 saturated heterocycles. The van der Waals surface area contributed by atoms with Gasteiger partial charge in [-0.15, -0.1) is 0 Å². The summed E-state index contributed by atoms with van der Waals surface area (Å²) in [5, 5.41) is 3.81. The summed E-state index contributed by atoms with van der Waals surface area (Å²) in [6, 6.07) is 1.38. The van der Waals surface area contributed by atoms with Crippen molar-refractivity contribution in [2.75, 3.05) is 5.32 Å². The van der Waals surface area contributed by atoms with Crippen molar-refractivity contribution in [2.45, 2.75) is 76.8 Å². The molecular weight excluding hydrogens is 246 g/mol. The molecule has 3 aliphatic carbocycles. The monoisotopic (exact) mass is 273 g/mol. The van der Waals surface area contributed by atoms with Gasteiger partial charge in [-0.3, -0.25) is 0 Å². The van der Waals surface area contributed by atoms with Crippen LogP contribution in [-0.4, -0.2) is 15.6 Å². The van der Waals surface area contributed by atoms with Crippen LogP contribution in [0.15, 0.2) is 6.20 Å². The van der Waals surface area contributed by atoms with Crippen molar-refractivity contribution in [3.8, 4) is 0 Å². The van der Waals surface area contributed by atoms with Gasteiger partial charge in [0.15, 0.2) is 0 Å². The van der Waals surface area contributed by atoms with Gasteiger partial charge in [-0.2, -0.15) is 0 Å². The first-order valence-electron chi connectivity index (χ1n) is 8.61. The second-order valence-electron chi connectivity index (χ2n) is 7.33. The molecule has 3 saturated carbocycles. The number of hydrogen-bond donors (Lipinski definition) is 1. The van der Waals surface area contributed by atoms with Gasteiger partial charge < -0.3 is 9.88 Å². The zero-order valence-electron chi connectivity index (χ0n) is 12.6. The maximum absolute atomic E-state index is 4.78. The Labute approximate surface area is 122 Å². The molecule has 3 unspecified atom stereocenters. The first kappa shape index (κ1) is 12.7. The molecule has 0 aliphatic heterocycles. The molecule has 3 heteroatoms. The summed E-state index contributed by atoms with van der Waals surface area (Å²) >= 11 is 0. The number of nitrogens with zero attached hydrogens (tertiary/aromatic N) is 2. The van der Waals surface area contributed by atoms with Crippen molar-refractivity contribution in [1.29, 1.82) is 0 Å². The van der Waals surface area contributed by atoms with Gasteiger partial charge in [-0.1, -0.05) is 25.7 Å². The van der Waals surface area contributed by atoms with E-state index < -0.39 is 0 Å². The van der Waals surface area contributed by atoms with E-state index in [2.05, 4.69) is 23.0 Å². The summed E-state index contributed by atoms with van der Waals surface area (Å²) in [7, 11) is 0. The maximum Gasteiger partial charge on any atom is 0.203 e. The Hall–Kier alpha value is -0.990. The fourth-order valence-corrected chi connectivity index (χ4v) is 4.85. The summed E-state index contributed by atoms with van der Waals surface area (Å²) in [6.45, 7) is 2.13. The van der Waals surface area contributed by atoms with Gasteiger partial charge in [-0.05, 0) is 50.9 Å². The number of anilines is 1. The highest BCUT2D eigenvalue weighted by atomic mass is 15.2. The highest BCUT2D eigenvalue weighted by Crippen LogP contribution is 2.45.